The highest BCUT2D eigenvalue weighted by molar-refractivity contribution is 5.72. The molecule has 1 aromatic heterocycles. The molecular weight excluding hydrogens is 483 g/mol. The molecule has 1 N–H and O–H groups in total. The maximum atomic E-state index is 13.9. The van der Waals surface area contributed by atoms with Crippen molar-refractivity contribution in [2.75, 3.05) is 19.6 Å². The summed E-state index contributed by atoms with van der Waals surface area (Å²) in [4.78, 5) is 13.0. The van der Waals surface area contributed by atoms with Crippen LogP contribution in [0, 0.1) is 0 Å². The molecule has 190 valence electrons. The highest BCUT2D eigenvalue weighted by Crippen LogP contribution is 2.39. The molecule has 1 saturated heterocycles. The number of nitrogens with zero attached hydrogens (tertiary/aromatic N) is 3. The van der Waals surface area contributed by atoms with Crippen molar-refractivity contribution in [3.63, 3.8) is 0 Å². The van der Waals surface area contributed by atoms with Crippen LogP contribution in [-0.4, -0.2) is 45.8 Å². The van der Waals surface area contributed by atoms with Gasteiger partial charge in [-0.25, -0.2) is 0 Å². The zero-order valence-corrected chi connectivity index (χ0v) is 19.8. The van der Waals surface area contributed by atoms with Crippen molar-refractivity contribution in [2.45, 2.75) is 24.9 Å². The number of rotatable bonds is 7. The van der Waals surface area contributed by atoms with E-state index in [-0.39, 0.29) is 35.2 Å². The molecule has 6 nitrogen and oxygen atoms in total. The minimum absolute atomic E-state index is 0.00577. The molecule has 9 heteroatoms. The largest absolute Gasteiger partial charge is 0.481 e. The third-order valence-electron chi connectivity index (χ3n) is 6.60. The molecule has 1 aliphatic rings. The van der Waals surface area contributed by atoms with E-state index in [9.17, 15) is 18.0 Å². The number of alkyl halides is 3. The normalized spacial score (nSPS) is 16.2. The zero-order chi connectivity index (χ0) is 26.0. The maximum absolute atomic E-state index is 13.9. The van der Waals surface area contributed by atoms with E-state index in [1.807, 2.05) is 24.3 Å². The van der Waals surface area contributed by atoms with Gasteiger partial charge in [0.1, 0.15) is 0 Å². The van der Waals surface area contributed by atoms with E-state index in [1.54, 1.807) is 36.4 Å². The van der Waals surface area contributed by atoms with Crippen LogP contribution < -0.4 is 0 Å². The van der Waals surface area contributed by atoms with Crippen LogP contribution in [0.1, 0.15) is 29.9 Å². The Morgan fingerprint density at radius 1 is 0.946 bits per heavy atom. The molecule has 0 aliphatic carbocycles. The van der Waals surface area contributed by atoms with Gasteiger partial charge in [0, 0.05) is 24.2 Å². The van der Waals surface area contributed by atoms with E-state index in [0.717, 1.165) is 31.1 Å². The Labute approximate surface area is 211 Å². The molecule has 1 fully saturated rings. The average molecular weight is 508 g/mol. The Morgan fingerprint density at radius 3 is 2.35 bits per heavy atom. The quantitative estimate of drug-likeness (QED) is 0.314. The summed E-state index contributed by atoms with van der Waals surface area (Å²) in [7, 11) is 0. The third-order valence-corrected chi connectivity index (χ3v) is 6.60. The zero-order valence-electron chi connectivity index (χ0n) is 19.8. The number of carbonyl (C=O) groups is 1. The van der Waals surface area contributed by atoms with Gasteiger partial charge in [0.25, 0.3) is 0 Å². The van der Waals surface area contributed by atoms with Crippen LogP contribution in [0.5, 0.6) is 0 Å². The predicted molar refractivity (Wildman–Crippen MR) is 132 cm³/mol. The smallest absolute Gasteiger partial charge is 0.417 e. The maximum Gasteiger partial charge on any atom is 0.417 e. The van der Waals surface area contributed by atoms with Crippen LogP contribution in [0.3, 0.4) is 0 Å². The number of likely N-dealkylation sites (tertiary alicyclic amines) is 1. The molecule has 0 spiro atoms. The highest BCUT2D eigenvalue weighted by atomic mass is 19.4. The molecule has 2 heterocycles. The minimum atomic E-state index is -4.56. The Hall–Kier alpha value is -3.98. The van der Waals surface area contributed by atoms with Crippen molar-refractivity contribution >= 4 is 5.97 Å². The monoisotopic (exact) mass is 507 g/mol. The first-order valence-corrected chi connectivity index (χ1v) is 11.9. The fourth-order valence-corrected chi connectivity index (χ4v) is 4.73. The first-order valence-electron chi connectivity index (χ1n) is 11.9. The van der Waals surface area contributed by atoms with Gasteiger partial charge < -0.3 is 14.4 Å². The molecule has 0 saturated carbocycles. The molecule has 4 aromatic rings. The Kier molecular flexibility index (Phi) is 6.80. The number of halogens is 3. The second kappa shape index (κ2) is 10.2. The molecule has 3 aromatic carbocycles. The van der Waals surface area contributed by atoms with Gasteiger partial charge in [0.2, 0.25) is 11.8 Å². The standard InChI is InChI=1S/C28H24F3N3O3/c29-28(30,31)24-16-21(9-10-23(24)18-5-2-1-3-6-18)27-33-32-26(37-27)20-8-4-7-19(15-20)22-11-13-34(17-22)14-12-25(35)36/h1-10,15-16,22H,11-14,17H2,(H,35,36). The highest BCUT2D eigenvalue weighted by Gasteiger charge is 2.34. The molecule has 37 heavy (non-hydrogen) atoms. The lowest BCUT2D eigenvalue weighted by atomic mass is 9.96. The van der Waals surface area contributed by atoms with Gasteiger partial charge in [0.15, 0.2) is 0 Å². The van der Waals surface area contributed by atoms with Gasteiger partial charge in [-0.1, -0.05) is 48.5 Å². The average Bonchev–Trinajstić information content (AvgIpc) is 3.58. The second-order valence-corrected chi connectivity index (χ2v) is 9.09. The molecular formula is C28H24F3N3O3. The number of aromatic nitrogens is 2. The van der Waals surface area contributed by atoms with E-state index in [1.165, 1.54) is 6.07 Å². The van der Waals surface area contributed by atoms with Gasteiger partial charge in [-0.3, -0.25) is 4.79 Å². The minimum Gasteiger partial charge on any atom is -0.481 e. The second-order valence-electron chi connectivity index (χ2n) is 9.09. The summed E-state index contributed by atoms with van der Waals surface area (Å²) < 4.78 is 47.5. The number of benzene rings is 3. The van der Waals surface area contributed by atoms with E-state index in [0.29, 0.717) is 17.7 Å². The summed E-state index contributed by atoms with van der Waals surface area (Å²) >= 11 is 0. The first-order chi connectivity index (χ1) is 17.8. The van der Waals surface area contributed by atoms with Crippen molar-refractivity contribution in [3.05, 3.63) is 83.9 Å². The van der Waals surface area contributed by atoms with Gasteiger partial charge in [0.05, 0.1) is 12.0 Å². The van der Waals surface area contributed by atoms with E-state index in [4.69, 9.17) is 9.52 Å². The van der Waals surface area contributed by atoms with E-state index < -0.39 is 17.7 Å². The van der Waals surface area contributed by atoms with Crippen molar-refractivity contribution in [1.29, 1.82) is 0 Å². The van der Waals surface area contributed by atoms with Crippen molar-refractivity contribution in [2.24, 2.45) is 0 Å². The van der Waals surface area contributed by atoms with Gasteiger partial charge in [-0.05, 0) is 59.8 Å². The Bertz CT molecular complexity index is 1400. The number of hydrogen-bond donors (Lipinski definition) is 1. The summed E-state index contributed by atoms with van der Waals surface area (Å²) in [5, 5.41) is 17.0. The molecule has 1 unspecified atom stereocenters. The lowest BCUT2D eigenvalue weighted by molar-refractivity contribution is -0.138. The molecule has 5 rings (SSSR count). The number of carboxylic acids is 1. The molecule has 0 bridgehead atoms. The molecule has 1 atom stereocenters. The van der Waals surface area contributed by atoms with Crippen LogP contribution in [0.25, 0.3) is 34.0 Å². The number of carboxylic acid groups (broad SMARTS) is 1. The number of aliphatic carboxylic acids is 1. The molecule has 0 amide bonds. The predicted octanol–water partition coefficient (Wildman–Crippen LogP) is 6.35. The third kappa shape index (κ3) is 5.56. The lowest BCUT2D eigenvalue weighted by Gasteiger charge is -2.15. The summed E-state index contributed by atoms with van der Waals surface area (Å²) in [5.41, 5.74) is 1.72. The van der Waals surface area contributed by atoms with E-state index >= 15 is 0 Å². The number of hydrogen-bond acceptors (Lipinski definition) is 5. The SMILES string of the molecule is O=C(O)CCN1CCC(c2cccc(-c3nnc(-c4ccc(-c5ccccc5)c(C(F)(F)F)c4)o3)c2)C1. The fraction of sp³-hybridized carbons (Fsp3) is 0.250. The van der Waals surface area contributed by atoms with Gasteiger partial charge in [-0.2, -0.15) is 13.2 Å². The van der Waals surface area contributed by atoms with Crippen molar-refractivity contribution < 1.29 is 27.5 Å². The first kappa shape index (κ1) is 24.7. The van der Waals surface area contributed by atoms with Crippen molar-refractivity contribution in [3.8, 4) is 34.0 Å². The van der Waals surface area contributed by atoms with Crippen LogP contribution in [0.4, 0.5) is 13.2 Å². The lowest BCUT2D eigenvalue weighted by Crippen LogP contribution is -2.23. The van der Waals surface area contributed by atoms with Gasteiger partial charge in [-0.15, -0.1) is 10.2 Å². The molecule has 0 radical (unpaired) electrons. The van der Waals surface area contributed by atoms with Crippen LogP contribution in [0.2, 0.25) is 0 Å². The Balaban J connectivity index is 1.39. The Morgan fingerprint density at radius 2 is 1.65 bits per heavy atom. The fourth-order valence-electron chi connectivity index (χ4n) is 4.73. The summed E-state index contributed by atoms with van der Waals surface area (Å²) in [5.74, 6) is -0.338. The summed E-state index contributed by atoms with van der Waals surface area (Å²) in [6, 6.07) is 20.1. The van der Waals surface area contributed by atoms with Crippen LogP contribution in [-0.2, 0) is 11.0 Å². The van der Waals surface area contributed by atoms with E-state index in [2.05, 4.69) is 15.1 Å². The molecule has 1 aliphatic heterocycles. The van der Waals surface area contributed by atoms with Crippen LogP contribution in [0.15, 0.2) is 77.2 Å². The van der Waals surface area contributed by atoms with Crippen molar-refractivity contribution in [1.82, 2.24) is 15.1 Å². The topological polar surface area (TPSA) is 79.5 Å². The summed E-state index contributed by atoms with van der Waals surface area (Å²) in [6.07, 6.45) is -3.54. The summed E-state index contributed by atoms with van der Waals surface area (Å²) in [6.45, 7) is 2.11. The van der Waals surface area contributed by atoms with Crippen LogP contribution >= 0.6 is 0 Å². The van der Waals surface area contributed by atoms with Gasteiger partial charge >= 0.3 is 12.1 Å².